The summed E-state index contributed by atoms with van der Waals surface area (Å²) in [5, 5.41) is 4.93. The topological polar surface area (TPSA) is 80.8 Å². The van der Waals surface area contributed by atoms with Crippen LogP contribution < -0.4 is 15.0 Å². The number of anilines is 2. The number of carbonyl (C=O) groups is 2. The summed E-state index contributed by atoms with van der Waals surface area (Å²) in [5.74, 6) is -0.241. The first-order chi connectivity index (χ1) is 14.0. The highest BCUT2D eigenvalue weighted by Gasteiger charge is 2.13. The minimum atomic E-state index is -0.554. The molecule has 0 spiro atoms. The maximum Gasteiger partial charge on any atom is 0.338 e. The van der Waals surface area contributed by atoms with Gasteiger partial charge in [0.1, 0.15) is 5.75 Å². The van der Waals surface area contributed by atoms with Gasteiger partial charge >= 0.3 is 5.97 Å². The van der Waals surface area contributed by atoms with Crippen molar-refractivity contribution in [3.63, 3.8) is 0 Å². The number of benzene rings is 2. The Bertz CT molecular complexity index is 999. The molecule has 1 aromatic heterocycles. The number of nitrogens with zero attached hydrogens (tertiary/aromatic N) is 2. The lowest BCUT2D eigenvalue weighted by Gasteiger charge is -2.13. The number of aromatic nitrogens is 1. The molecule has 0 aliphatic carbocycles. The number of rotatable bonds is 7. The van der Waals surface area contributed by atoms with Crippen LogP contribution in [0.25, 0.3) is 11.3 Å². The number of amides is 1. The predicted octanol–water partition coefficient (Wildman–Crippen LogP) is 3.68. The van der Waals surface area contributed by atoms with Gasteiger partial charge in [0.2, 0.25) is 0 Å². The summed E-state index contributed by atoms with van der Waals surface area (Å²) in [6, 6.07) is 14.5. The number of thiazole rings is 1. The summed E-state index contributed by atoms with van der Waals surface area (Å²) in [4.78, 5) is 30.6. The average molecular weight is 411 g/mol. The number of ether oxygens (including phenoxy) is 2. The molecule has 150 valence electrons. The van der Waals surface area contributed by atoms with E-state index in [2.05, 4.69) is 10.3 Å². The highest BCUT2D eigenvalue weighted by atomic mass is 32.1. The van der Waals surface area contributed by atoms with E-state index in [1.165, 1.54) is 11.3 Å². The van der Waals surface area contributed by atoms with Gasteiger partial charge in [-0.05, 0) is 42.5 Å². The number of nitrogens with one attached hydrogen (secondary N) is 1. The van der Waals surface area contributed by atoms with Gasteiger partial charge in [-0.1, -0.05) is 6.07 Å². The molecule has 1 heterocycles. The van der Waals surface area contributed by atoms with Crippen molar-refractivity contribution in [3.8, 4) is 17.0 Å². The molecular formula is C21H21N3O4S. The fourth-order valence-electron chi connectivity index (χ4n) is 2.51. The van der Waals surface area contributed by atoms with Gasteiger partial charge in [0.25, 0.3) is 5.91 Å². The van der Waals surface area contributed by atoms with Crippen molar-refractivity contribution in [2.24, 2.45) is 0 Å². The molecule has 3 rings (SSSR count). The van der Waals surface area contributed by atoms with Gasteiger partial charge in [0.05, 0.1) is 18.4 Å². The van der Waals surface area contributed by atoms with E-state index in [9.17, 15) is 9.59 Å². The second-order valence-electron chi connectivity index (χ2n) is 6.34. The molecule has 0 bridgehead atoms. The van der Waals surface area contributed by atoms with Crippen LogP contribution in [0.3, 0.4) is 0 Å². The number of hydrogen-bond donors (Lipinski definition) is 1. The molecule has 0 saturated heterocycles. The molecule has 0 atom stereocenters. The zero-order valence-corrected chi connectivity index (χ0v) is 17.2. The molecule has 0 aliphatic rings. The van der Waals surface area contributed by atoms with Crippen LogP contribution in [-0.2, 0) is 9.53 Å². The number of hydrogen-bond acceptors (Lipinski definition) is 7. The van der Waals surface area contributed by atoms with Crippen molar-refractivity contribution >= 4 is 34.0 Å². The maximum atomic E-state index is 12.2. The third-order valence-electron chi connectivity index (χ3n) is 4.07. The Balaban J connectivity index is 1.55. The van der Waals surface area contributed by atoms with E-state index >= 15 is 0 Å². The molecule has 1 amide bonds. The number of carbonyl (C=O) groups excluding carboxylic acids is 2. The molecule has 8 heteroatoms. The van der Waals surface area contributed by atoms with E-state index in [-0.39, 0.29) is 6.61 Å². The second-order valence-corrected chi connectivity index (χ2v) is 7.19. The lowest BCUT2D eigenvalue weighted by molar-refractivity contribution is -0.119. The summed E-state index contributed by atoms with van der Waals surface area (Å²) >= 11 is 1.30. The summed E-state index contributed by atoms with van der Waals surface area (Å²) < 4.78 is 10.2. The number of esters is 1. The Kier molecular flexibility index (Phi) is 6.46. The standard InChI is InChI=1S/C21H21N3O4S/c1-24(2)16-6-4-5-15(11-16)20(26)28-12-19(25)23-21-22-18(13-29-21)14-7-9-17(27-3)10-8-14/h4-11,13H,12H2,1-3H3,(H,22,23,25). The van der Waals surface area contributed by atoms with Crippen LogP contribution in [0.2, 0.25) is 0 Å². The second kappa shape index (κ2) is 9.20. The van der Waals surface area contributed by atoms with E-state index < -0.39 is 11.9 Å². The fraction of sp³-hybridized carbons (Fsp3) is 0.190. The van der Waals surface area contributed by atoms with Gasteiger partial charge in [-0.15, -0.1) is 11.3 Å². The van der Waals surface area contributed by atoms with Gasteiger partial charge in [-0.3, -0.25) is 10.1 Å². The monoisotopic (exact) mass is 411 g/mol. The van der Waals surface area contributed by atoms with E-state index in [1.54, 1.807) is 25.3 Å². The van der Waals surface area contributed by atoms with Crippen molar-refractivity contribution in [1.29, 1.82) is 0 Å². The Morgan fingerprint density at radius 1 is 1.14 bits per heavy atom. The van der Waals surface area contributed by atoms with Gasteiger partial charge in [0.15, 0.2) is 11.7 Å². The molecule has 0 fully saturated rings. The molecule has 1 N–H and O–H groups in total. The molecule has 0 saturated carbocycles. The van der Waals surface area contributed by atoms with Crippen molar-refractivity contribution in [1.82, 2.24) is 4.98 Å². The van der Waals surface area contributed by atoms with Crippen LogP contribution in [0.4, 0.5) is 10.8 Å². The molecule has 0 unspecified atom stereocenters. The predicted molar refractivity (Wildman–Crippen MR) is 114 cm³/mol. The lowest BCUT2D eigenvalue weighted by Crippen LogP contribution is -2.21. The van der Waals surface area contributed by atoms with Gasteiger partial charge in [-0.25, -0.2) is 9.78 Å². The Morgan fingerprint density at radius 2 is 1.90 bits per heavy atom. The average Bonchev–Trinajstić information content (AvgIpc) is 3.20. The molecule has 3 aromatic rings. The summed E-state index contributed by atoms with van der Waals surface area (Å²) in [6.07, 6.45) is 0. The molecule has 2 aromatic carbocycles. The van der Waals surface area contributed by atoms with Gasteiger partial charge in [-0.2, -0.15) is 0 Å². The molecule has 0 radical (unpaired) electrons. The Morgan fingerprint density at radius 3 is 2.59 bits per heavy atom. The summed E-state index contributed by atoms with van der Waals surface area (Å²) in [6.45, 7) is -0.386. The van der Waals surface area contributed by atoms with E-state index in [4.69, 9.17) is 9.47 Å². The lowest BCUT2D eigenvalue weighted by atomic mass is 10.2. The maximum absolute atomic E-state index is 12.2. The minimum Gasteiger partial charge on any atom is -0.497 e. The molecule has 29 heavy (non-hydrogen) atoms. The Labute approximate surface area is 172 Å². The van der Waals surface area contributed by atoms with Crippen molar-refractivity contribution < 1.29 is 19.1 Å². The highest BCUT2D eigenvalue weighted by molar-refractivity contribution is 7.14. The van der Waals surface area contributed by atoms with E-state index in [0.717, 1.165) is 22.7 Å². The van der Waals surface area contributed by atoms with Crippen LogP contribution in [0, 0.1) is 0 Å². The first kappa shape index (κ1) is 20.3. The molecule has 0 aliphatic heterocycles. The normalized spacial score (nSPS) is 10.3. The summed E-state index contributed by atoms with van der Waals surface area (Å²) in [5.41, 5.74) is 2.91. The third kappa shape index (κ3) is 5.32. The van der Waals surface area contributed by atoms with Crippen LogP contribution in [-0.4, -0.2) is 44.7 Å². The molecular weight excluding hydrogens is 390 g/mol. The highest BCUT2D eigenvalue weighted by Crippen LogP contribution is 2.26. The number of methoxy groups -OCH3 is 1. The third-order valence-corrected chi connectivity index (χ3v) is 4.83. The first-order valence-electron chi connectivity index (χ1n) is 8.80. The van der Waals surface area contributed by atoms with Gasteiger partial charge in [0, 0.05) is 30.7 Å². The minimum absolute atomic E-state index is 0.386. The first-order valence-corrected chi connectivity index (χ1v) is 9.68. The van der Waals surface area contributed by atoms with E-state index in [0.29, 0.717) is 10.7 Å². The van der Waals surface area contributed by atoms with Crippen LogP contribution in [0.15, 0.2) is 53.9 Å². The molecule has 7 nitrogen and oxygen atoms in total. The largest absolute Gasteiger partial charge is 0.497 e. The van der Waals surface area contributed by atoms with Crippen LogP contribution in [0.1, 0.15) is 10.4 Å². The quantitative estimate of drug-likeness (QED) is 0.598. The fourth-order valence-corrected chi connectivity index (χ4v) is 3.24. The van der Waals surface area contributed by atoms with Crippen molar-refractivity contribution in [2.45, 2.75) is 0 Å². The van der Waals surface area contributed by atoms with Crippen LogP contribution in [0.5, 0.6) is 5.75 Å². The summed E-state index contributed by atoms with van der Waals surface area (Å²) in [7, 11) is 5.37. The van der Waals surface area contributed by atoms with Crippen molar-refractivity contribution in [2.75, 3.05) is 38.0 Å². The van der Waals surface area contributed by atoms with Crippen molar-refractivity contribution in [3.05, 3.63) is 59.5 Å². The Hall–Kier alpha value is -3.39. The van der Waals surface area contributed by atoms with Crippen LogP contribution >= 0.6 is 11.3 Å². The van der Waals surface area contributed by atoms with Gasteiger partial charge < -0.3 is 14.4 Å². The SMILES string of the molecule is COc1ccc(-c2csc(NC(=O)COC(=O)c3cccc(N(C)C)c3)n2)cc1. The zero-order chi connectivity index (χ0) is 20.8. The van der Waals surface area contributed by atoms with E-state index in [1.807, 2.05) is 54.7 Å². The zero-order valence-electron chi connectivity index (χ0n) is 16.3. The smallest absolute Gasteiger partial charge is 0.338 e.